The van der Waals surface area contributed by atoms with Crippen LogP contribution in [0.25, 0.3) is 11.3 Å². The third kappa shape index (κ3) is 5.78. The molecule has 9 heteroatoms. The minimum Gasteiger partial charge on any atom is -0.489 e. The molecule has 2 atom stereocenters. The van der Waals surface area contributed by atoms with E-state index < -0.39 is 5.60 Å². The number of rotatable bonds is 5. The standard InChI is InChI=1S/C28H36N2O7/c1-18-24(31)14-25(35-17-22-16-33-11-12-34-22)30-10-7-19-13-20(5-6-23(19)26(18)30)36-21-8-9-29(15-21)27(32)37-28(2,3)4/h5-6,13-14,21-22H,7-12,15-17H2,1-4H3/t21?,22-/m0/s1. The predicted molar refractivity (Wildman–Crippen MR) is 137 cm³/mol. The molecule has 1 unspecified atom stereocenters. The minimum atomic E-state index is -0.520. The fraction of sp³-hybridized carbons (Fsp3) is 0.571. The summed E-state index contributed by atoms with van der Waals surface area (Å²) in [6.45, 7) is 11.2. The number of aryl methyl sites for hydroxylation is 1. The molecule has 2 fully saturated rings. The molecule has 0 N–H and O–H groups in total. The number of fused-ring (bicyclic) bond motifs is 3. The molecule has 3 aliphatic rings. The smallest absolute Gasteiger partial charge is 0.410 e. The number of aromatic nitrogens is 1. The Morgan fingerprint density at radius 2 is 2.00 bits per heavy atom. The summed E-state index contributed by atoms with van der Waals surface area (Å²) in [5, 5.41) is 0. The quantitative estimate of drug-likeness (QED) is 0.605. The molecule has 0 radical (unpaired) electrons. The first-order valence-electron chi connectivity index (χ1n) is 13.0. The Morgan fingerprint density at radius 1 is 1.16 bits per heavy atom. The summed E-state index contributed by atoms with van der Waals surface area (Å²) < 4.78 is 31.0. The highest BCUT2D eigenvalue weighted by atomic mass is 16.6. The van der Waals surface area contributed by atoms with Gasteiger partial charge < -0.3 is 33.2 Å². The third-order valence-electron chi connectivity index (χ3n) is 6.85. The van der Waals surface area contributed by atoms with Crippen molar-refractivity contribution in [2.75, 3.05) is 39.5 Å². The molecule has 1 aromatic carbocycles. The summed E-state index contributed by atoms with van der Waals surface area (Å²) in [4.78, 5) is 26.9. The van der Waals surface area contributed by atoms with E-state index in [1.165, 1.54) is 0 Å². The first-order valence-corrected chi connectivity index (χ1v) is 13.0. The molecule has 2 aromatic rings. The van der Waals surface area contributed by atoms with E-state index in [0.29, 0.717) is 57.5 Å². The van der Waals surface area contributed by atoms with E-state index in [0.717, 1.165) is 35.4 Å². The van der Waals surface area contributed by atoms with Crippen LogP contribution >= 0.6 is 0 Å². The summed E-state index contributed by atoms with van der Waals surface area (Å²) in [5.74, 6) is 1.32. The van der Waals surface area contributed by atoms with Gasteiger partial charge in [-0.1, -0.05) is 0 Å². The van der Waals surface area contributed by atoms with Gasteiger partial charge in [0, 0.05) is 36.7 Å². The maximum atomic E-state index is 12.8. The molecule has 0 saturated carbocycles. The van der Waals surface area contributed by atoms with Crippen LogP contribution < -0.4 is 14.9 Å². The van der Waals surface area contributed by atoms with Gasteiger partial charge in [-0.25, -0.2) is 4.79 Å². The van der Waals surface area contributed by atoms with Gasteiger partial charge in [-0.3, -0.25) is 4.79 Å². The average molecular weight is 513 g/mol. The molecule has 37 heavy (non-hydrogen) atoms. The van der Waals surface area contributed by atoms with Crippen molar-refractivity contribution in [1.29, 1.82) is 0 Å². The number of amides is 1. The molecule has 0 bridgehead atoms. The largest absolute Gasteiger partial charge is 0.489 e. The number of nitrogens with zero attached hydrogens (tertiary/aromatic N) is 2. The van der Waals surface area contributed by atoms with Crippen LogP contribution in [0.3, 0.4) is 0 Å². The Labute approximate surface area is 217 Å². The molecule has 0 spiro atoms. The van der Waals surface area contributed by atoms with E-state index in [-0.39, 0.29) is 23.7 Å². The van der Waals surface area contributed by atoms with E-state index in [1.807, 2.05) is 39.8 Å². The van der Waals surface area contributed by atoms with Crippen molar-refractivity contribution in [3.05, 3.63) is 45.6 Å². The van der Waals surface area contributed by atoms with Crippen LogP contribution in [0.1, 0.15) is 38.3 Å². The Hall–Kier alpha value is -3.04. The van der Waals surface area contributed by atoms with Crippen LogP contribution in [0.5, 0.6) is 11.6 Å². The van der Waals surface area contributed by atoms with Gasteiger partial charge in [-0.2, -0.15) is 0 Å². The second-order valence-electron chi connectivity index (χ2n) is 10.9. The first-order chi connectivity index (χ1) is 17.7. The zero-order valence-corrected chi connectivity index (χ0v) is 22.1. The molecule has 1 aromatic heterocycles. The van der Waals surface area contributed by atoms with Gasteiger partial charge in [-0.15, -0.1) is 0 Å². The summed E-state index contributed by atoms with van der Waals surface area (Å²) in [7, 11) is 0. The normalized spacial score (nSPS) is 21.2. The Morgan fingerprint density at radius 3 is 2.76 bits per heavy atom. The van der Waals surface area contributed by atoms with E-state index in [9.17, 15) is 9.59 Å². The number of pyridine rings is 1. The number of hydrogen-bond acceptors (Lipinski definition) is 7. The van der Waals surface area contributed by atoms with Gasteiger partial charge in [0.25, 0.3) is 0 Å². The number of likely N-dealkylation sites (tertiary alicyclic amines) is 1. The maximum absolute atomic E-state index is 12.8. The van der Waals surface area contributed by atoms with Gasteiger partial charge >= 0.3 is 6.09 Å². The van der Waals surface area contributed by atoms with Gasteiger partial charge in [0.15, 0.2) is 11.3 Å². The van der Waals surface area contributed by atoms with Crippen LogP contribution in [0.2, 0.25) is 0 Å². The van der Waals surface area contributed by atoms with Crippen LogP contribution in [-0.2, 0) is 27.2 Å². The average Bonchev–Trinajstić information content (AvgIpc) is 3.33. The van der Waals surface area contributed by atoms with E-state index in [4.69, 9.17) is 23.7 Å². The van der Waals surface area contributed by atoms with Crippen molar-refractivity contribution >= 4 is 6.09 Å². The number of hydrogen-bond donors (Lipinski definition) is 0. The fourth-order valence-electron chi connectivity index (χ4n) is 5.05. The first kappa shape index (κ1) is 25.6. The topological polar surface area (TPSA) is 88.5 Å². The monoisotopic (exact) mass is 512 g/mol. The van der Waals surface area contributed by atoms with Gasteiger partial charge in [-0.05, 0) is 57.9 Å². The molecule has 1 amide bonds. The maximum Gasteiger partial charge on any atom is 0.410 e. The highest BCUT2D eigenvalue weighted by molar-refractivity contribution is 5.71. The molecular weight excluding hydrogens is 476 g/mol. The van der Waals surface area contributed by atoms with Crippen molar-refractivity contribution in [3.63, 3.8) is 0 Å². The summed E-state index contributed by atoms with van der Waals surface area (Å²) in [5.41, 5.74) is 3.15. The molecule has 5 rings (SSSR count). The van der Waals surface area contributed by atoms with Crippen molar-refractivity contribution < 1.29 is 28.5 Å². The van der Waals surface area contributed by atoms with Crippen LogP contribution in [-0.4, -0.2) is 72.9 Å². The zero-order valence-electron chi connectivity index (χ0n) is 22.1. The van der Waals surface area contributed by atoms with Crippen LogP contribution in [0.15, 0.2) is 29.1 Å². The lowest BCUT2D eigenvalue weighted by Crippen LogP contribution is -2.36. The zero-order chi connectivity index (χ0) is 26.2. The molecule has 3 aliphatic heterocycles. The van der Waals surface area contributed by atoms with Crippen LogP contribution in [0.4, 0.5) is 4.79 Å². The lowest BCUT2D eigenvalue weighted by atomic mass is 9.94. The lowest BCUT2D eigenvalue weighted by Gasteiger charge is -2.28. The van der Waals surface area contributed by atoms with Crippen molar-refractivity contribution in [2.24, 2.45) is 0 Å². The second kappa shape index (κ2) is 10.4. The summed E-state index contributed by atoms with van der Waals surface area (Å²) in [6, 6.07) is 7.58. The van der Waals surface area contributed by atoms with Crippen molar-refractivity contribution in [2.45, 2.75) is 64.9 Å². The summed E-state index contributed by atoms with van der Waals surface area (Å²) >= 11 is 0. The molecule has 0 aliphatic carbocycles. The van der Waals surface area contributed by atoms with Crippen LogP contribution in [0, 0.1) is 6.92 Å². The van der Waals surface area contributed by atoms with Gasteiger partial charge in [0.05, 0.1) is 32.1 Å². The minimum absolute atomic E-state index is 0.0524. The Kier molecular flexibility index (Phi) is 7.18. The number of carbonyl (C=O) groups excluding carboxylic acids is 1. The highest BCUT2D eigenvalue weighted by Crippen LogP contribution is 2.36. The second-order valence-corrected chi connectivity index (χ2v) is 10.9. The highest BCUT2D eigenvalue weighted by Gasteiger charge is 2.31. The van der Waals surface area contributed by atoms with Crippen molar-refractivity contribution in [1.82, 2.24) is 9.47 Å². The molecule has 9 nitrogen and oxygen atoms in total. The Balaban J connectivity index is 1.30. The van der Waals surface area contributed by atoms with Gasteiger partial charge in [0.2, 0.25) is 0 Å². The number of benzene rings is 1. The third-order valence-corrected chi connectivity index (χ3v) is 6.85. The SMILES string of the molecule is Cc1c2n(c(OC[C@@H]3COCCO3)cc1=O)CCc1cc(OC3CCN(C(=O)OC(C)(C)C)C3)ccc1-2. The van der Waals surface area contributed by atoms with Crippen molar-refractivity contribution in [3.8, 4) is 22.9 Å². The molecule has 200 valence electrons. The van der Waals surface area contributed by atoms with E-state index in [2.05, 4.69) is 10.6 Å². The number of carbonyl (C=O) groups is 1. The lowest BCUT2D eigenvalue weighted by molar-refractivity contribution is -0.102. The number of ether oxygens (including phenoxy) is 5. The van der Waals surface area contributed by atoms with E-state index in [1.54, 1.807) is 11.0 Å². The molecule has 2 saturated heterocycles. The molecular formula is C28H36N2O7. The summed E-state index contributed by atoms with van der Waals surface area (Å²) in [6.07, 6.45) is 1.01. The van der Waals surface area contributed by atoms with Gasteiger partial charge in [0.1, 0.15) is 30.2 Å². The predicted octanol–water partition coefficient (Wildman–Crippen LogP) is 3.56. The van der Waals surface area contributed by atoms with E-state index >= 15 is 0 Å². The molecule has 4 heterocycles. The Bertz CT molecular complexity index is 1210. The fourth-order valence-corrected chi connectivity index (χ4v) is 5.05.